The molecule has 1 aromatic heterocycles. The van der Waals surface area contributed by atoms with E-state index in [9.17, 15) is 5.11 Å². The number of hydrogen-bond acceptors (Lipinski definition) is 4. The van der Waals surface area contributed by atoms with Crippen molar-refractivity contribution in [2.45, 2.75) is 13.5 Å². The van der Waals surface area contributed by atoms with Crippen molar-refractivity contribution in [2.75, 3.05) is 11.9 Å². The van der Waals surface area contributed by atoms with Gasteiger partial charge in [-0.3, -0.25) is 5.10 Å². The molecule has 3 N–H and O–H groups in total. The highest BCUT2D eigenvalue weighted by atomic mass is 16.5. The Morgan fingerprint density at radius 1 is 1.29 bits per heavy atom. The second-order valence-electron chi connectivity index (χ2n) is 4.72. The minimum Gasteiger partial charge on any atom is -0.504 e. The monoisotopic (exact) mass is 283 g/mol. The van der Waals surface area contributed by atoms with E-state index in [4.69, 9.17) is 4.74 Å². The Bertz CT molecular complexity index is 752. The van der Waals surface area contributed by atoms with Gasteiger partial charge in [0.05, 0.1) is 18.3 Å². The molecular weight excluding hydrogens is 266 g/mol. The van der Waals surface area contributed by atoms with Crippen LogP contribution in [-0.4, -0.2) is 21.9 Å². The number of H-pyrrole nitrogens is 1. The highest BCUT2D eigenvalue weighted by Crippen LogP contribution is 2.30. The van der Waals surface area contributed by atoms with Crippen LogP contribution in [0.1, 0.15) is 12.5 Å². The molecule has 108 valence electrons. The van der Waals surface area contributed by atoms with Gasteiger partial charge in [0.15, 0.2) is 11.5 Å². The zero-order valence-electron chi connectivity index (χ0n) is 11.8. The van der Waals surface area contributed by atoms with Crippen LogP contribution in [0, 0.1) is 0 Å². The number of nitrogens with zero attached hydrogens (tertiary/aromatic N) is 1. The van der Waals surface area contributed by atoms with Crippen molar-refractivity contribution in [1.29, 1.82) is 0 Å². The van der Waals surface area contributed by atoms with Crippen molar-refractivity contribution in [1.82, 2.24) is 10.2 Å². The van der Waals surface area contributed by atoms with Crippen LogP contribution in [0.3, 0.4) is 0 Å². The molecule has 1 heterocycles. The summed E-state index contributed by atoms with van der Waals surface area (Å²) < 4.78 is 5.39. The number of benzene rings is 2. The molecule has 2 aromatic carbocycles. The van der Waals surface area contributed by atoms with E-state index < -0.39 is 0 Å². The minimum absolute atomic E-state index is 0.189. The Hall–Kier alpha value is -2.69. The molecular formula is C16H17N3O2. The Morgan fingerprint density at radius 3 is 3.05 bits per heavy atom. The van der Waals surface area contributed by atoms with Crippen LogP contribution in [0.15, 0.2) is 42.6 Å². The molecule has 0 amide bonds. The lowest BCUT2D eigenvalue weighted by atomic mass is 10.1. The summed E-state index contributed by atoms with van der Waals surface area (Å²) in [5.41, 5.74) is 2.74. The van der Waals surface area contributed by atoms with Crippen LogP contribution in [0.5, 0.6) is 11.5 Å². The number of phenols is 1. The van der Waals surface area contributed by atoms with Gasteiger partial charge >= 0.3 is 0 Å². The molecule has 5 heteroatoms. The minimum atomic E-state index is 0.189. The summed E-state index contributed by atoms with van der Waals surface area (Å²) in [6, 6.07) is 11.5. The summed E-state index contributed by atoms with van der Waals surface area (Å²) in [6.45, 7) is 2.94. The largest absolute Gasteiger partial charge is 0.504 e. The van der Waals surface area contributed by atoms with Crippen molar-refractivity contribution in [3.63, 3.8) is 0 Å². The molecule has 0 unspecified atom stereocenters. The normalized spacial score (nSPS) is 10.7. The highest BCUT2D eigenvalue weighted by Gasteiger charge is 2.07. The summed E-state index contributed by atoms with van der Waals surface area (Å²) >= 11 is 0. The number of hydrogen-bond donors (Lipinski definition) is 3. The maximum atomic E-state index is 10.2. The number of fused-ring (bicyclic) bond motifs is 1. The zero-order valence-corrected chi connectivity index (χ0v) is 11.8. The molecule has 0 saturated heterocycles. The molecule has 0 aliphatic heterocycles. The maximum Gasteiger partial charge on any atom is 0.162 e. The van der Waals surface area contributed by atoms with Gasteiger partial charge in [0.25, 0.3) is 0 Å². The fraction of sp³-hybridized carbons (Fsp3) is 0.188. The van der Waals surface area contributed by atoms with Crippen LogP contribution >= 0.6 is 0 Å². The van der Waals surface area contributed by atoms with Crippen molar-refractivity contribution in [3.8, 4) is 11.5 Å². The van der Waals surface area contributed by atoms with E-state index >= 15 is 0 Å². The molecule has 0 spiro atoms. The summed E-state index contributed by atoms with van der Waals surface area (Å²) in [5.74, 6) is 0.704. The molecule has 0 aliphatic carbocycles. The lowest BCUT2D eigenvalue weighted by Gasteiger charge is -2.11. The van der Waals surface area contributed by atoms with Crippen molar-refractivity contribution in [3.05, 3.63) is 48.2 Å². The first-order valence-corrected chi connectivity index (χ1v) is 6.88. The lowest BCUT2D eigenvalue weighted by molar-refractivity contribution is 0.317. The molecule has 5 nitrogen and oxygen atoms in total. The Balaban J connectivity index is 1.76. The summed E-state index contributed by atoms with van der Waals surface area (Å²) in [7, 11) is 0. The van der Waals surface area contributed by atoms with Crippen molar-refractivity contribution in [2.24, 2.45) is 0 Å². The van der Waals surface area contributed by atoms with E-state index in [1.807, 2.05) is 37.3 Å². The quantitative estimate of drug-likeness (QED) is 0.672. The van der Waals surface area contributed by atoms with Gasteiger partial charge in [0.1, 0.15) is 0 Å². The lowest BCUT2D eigenvalue weighted by Crippen LogP contribution is -2.01. The fourth-order valence-electron chi connectivity index (χ4n) is 2.23. The number of anilines is 1. The average Bonchev–Trinajstić information content (AvgIpc) is 2.96. The summed E-state index contributed by atoms with van der Waals surface area (Å²) in [6.07, 6.45) is 1.79. The number of rotatable bonds is 5. The van der Waals surface area contributed by atoms with Gasteiger partial charge in [-0.15, -0.1) is 0 Å². The summed E-state index contributed by atoms with van der Waals surface area (Å²) in [4.78, 5) is 0. The molecule has 0 saturated carbocycles. The fourth-order valence-corrected chi connectivity index (χ4v) is 2.23. The molecule has 0 atom stereocenters. The van der Waals surface area contributed by atoms with Crippen LogP contribution in [-0.2, 0) is 6.54 Å². The average molecular weight is 283 g/mol. The molecule has 3 rings (SSSR count). The third-order valence-electron chi connectivity index (χ3n) is 3.31. The molecule has 21 heavy (non-hydrogen) atoms. The standard InChI is InChI=1S/C16H17N3O2/c1-2-21-15-5-3-4-12(16(15)20)9-17-13-7-6-11-10-18-19-14(11)8-13/h3-8,10,17,20H,2,9H2,1H3,(H,18,19). The number of para-hydroxylation sites is 1. The number of ether oxygens (including phenoxy) is 1. The maximum absolute atomic E-state index is 10.2. The predicted molar refractivity (Wildman–Crippen MR) is 82.7 cm³/mol. The molecule has 0 bridgehead atoms. The Kier molecular flexibility index (Phi) is 3.64. The number of aromatic nitrogens is 2. The van der Waals surface area contributed by atoms with Crippen LogP contribution in [0.25, 0.3) is 10.9 Å². The number of phenolic OH excluding ortho intramolecular Hbond substituents is 1. The zero-order chi connectivity index (χ0) is 14.7. The predicted octanol–water partition coefficient (Wildman–Crippen LogP) is 3.28. The van der Waals surface area contributed by atoms with Gasteiger partial charge in [-0.1, -0.05) is 12.1 Å². The SMILES string of the molecule is CCOc1cccc(CNc2ccc3cn[nH]c3c2)c1O. The van der Waals surface area contributed by atoms with Gasteiger partial charge in [-0.2, -0.15) is 5.10 Å². The Morgan fingerprint density at radius 2 is 2.19 bits per heavy atom. The van der Waals surface area contributed by atoms with Gasteiger partial charge in [-0.25, -0.2) is 0 Å². The van der Waals surface area contributed by atoms with E-state index in [0.717, 1.165) is 22.2 Å². The van der Waals surface area contributed by atoms with Gasteiger partial charge in [-0.05, 0) is 31.2 Å². The van der Waals surface area contributed by atoms with E-state index in [1.54, 1.807) is 12.3 Å². The number of aromatic hydroxyl groups is 1. The van der Waals surface area contributed by atoms with Crippen molar-refractivity contribution >= 4 is 16.6 Å². The van der Waals surface area contributed by atoms with Gasteiger partial charge < -0.3 is 15.2 Å². The Labute approximate surface area is 122 Å². The molecule has 0 fully saturated rings. The van der Waals surface area contributed by atoms with Crippen LogP contribution in [0.2, 0.25) is 0 Å². The summed E-state index contributed by atoms with van der Waals surface area (Å²) in [5, 5.41) is 21.4. The van der Waals surface area contributed by atoms with E-state index in [0.29, 0.717) is 18.9 Å². The molecule has 0 radical (unpaired) electrons. The third kappa shape index (κ3) is 2.76. The van der Waals surface area contributed by atoms with Crippen LogP contribution in [0.4, 0.5) is 5.69 Å². The number of nitrogens with one attached hydrogen (secondary N) is 2. The second-order valence-corrected chi connectivity index (χ2v) is 4.72. The van der Waals surface area contributed by atoms with Crippen LogP contribution < -0.4 is 10.1 Å². The second kappa shape index (κ2) is 5.75. The number of aromatic amines is 1. The molecule has 0 aliphatic rings. The highest BCUT2D eigenvalue weighted by molar-refractivity contribution is 5.81. The smallest absolute Gasteiger partial charge is 0.162 e. The van der Waals surface area contributed by atoms with E-state index in [2.05, 4.69) is 15.5 Å². The topological polar surface area (TPSA) is 70.2 Å². The van der Waals surface area contributed by atoms with E-state index in [1.165, 1.54) is 0 Å². The van der Waals surface area contributed by atoms with Crippen molar-refractivity contribution < 1.29 is 9.84 Å². The van der Waals surface area contributed by atoms with E-state index in [-0.39, 0.29) is 5.75 Å². The molecule has 3 aromatic rings. The first-order valence-electron chi connectivity index (χ1n) is 6.88. The van der Waals surface area contributed by atoms with Gasteiger partial charge in [0, 0.05) is 23.2 Å². The third-order valence-corrected chi connectivity index (χ3v) is 3.31. The van der Waals surface area contributed by atoms with Gasteiger partial charge in [0.2, 0.25) is 0 Å². The first-order chi connectivity index (χ1) is 10.3. The first kappa shape index (κ1) is 13.3.